The third-order valence-corrected chi connectivity index (χ3v) is 6.75. The van der Waals surface area contributed by atoms with Gasteiger partial charge in [-0.2, -0.15) is 5.10 Å². The molecule has 6 nitrogen and oxygen atoms in total. The van der Waals surface area contributed by atoms with Crippen LogP contribution >= 0.6 is 11.6 Å². The molecule has 3 rings (SSSR count). The molecular weight excluding hydrogens is 453 g/mol. The Hall–Kier alpha value is -3.23. The number of amides is 1. The maximum absolute atomic E-state index is 13.9. The molecule has 0 heterocycles. The summed E-state index contributed by atoms with van der Waals surface area (Å²) in [5, 5.41) is 3.87. The van der Waals surface area contributed by atoms with Gasteiger partial charge < -0.3 is 0 Å². The lowest BCUT2D eigenvalue weighted by Gasteiger charge is -2.25. The van der Waals surface area contributed by atoms with Crippen molar-refractivity contribution < 1.29 is 17.6 Å². The molecule has 0 atom stereocenters. The van der Waals surface area contributed by atoms with Crippen LogP contribution in [-0.2, 0) is 21.2 Å². The van der Waals surface area contributed by atoms with Crippen LogP contribution in [0.1, 0.15) is 18.1 Å². The van der Waals surface area contributed by atoms with E-state index in [0.29, 0.717) is 12.1 Å². The van der Waals surface area contributed by atoms with Gasteiger partial charge in [-0.25, -0.2) is 18.2 Å². The molecule has 0 unspecified atom stereocenters. The predicted molar refractivity (Wildman–Crippen MR) is 124 cm³/mol. The number of hydrazone groups is 1. The summed E-state index contributed by atoms with van der Waals surface area (Å²) in [5.41, 5.74) is 3.42. The van der Waals surface area contributed by atoms with Crippen molar-refractivity contribution in [3.05, 3.63) is 94.8 Å². The Morgan fingerprint density at radius 2 is 1.75 bits per heavy atom. The molecule has 166 valence electrons. The third kappa shape index (κ3) is 5.33. The van der Waals surface area contributed by atoms with Gasteiger partial charge in [0.05, 0.1) is 21.8 Å². The highest BCUT2D eigenvalue weighted by molar-refractivity contribution is 7.92. The minimum atomic E-state index is -4.03. The molecule has 0 bridgehead atoms. The first-order valence-electron chi connectivity index (χ1n) is 9.76. The van der Waals surface area contributed by atoms with Gasteiger partial charge in [0.1, 0.15) is 12.4 Å². The molecule has 3 aromatic carbocycles. The zero-order chi connectivity index (χ0) is 23.1. The maximum Gasteiger partial charge on any atom is 0.264 e. The number of halogens is 2. The Bertz CT molecular complexity index is 1210. The summed E-state index contributed by atoms with van der Waals surface area (Å²) < 4.78 is 41.6. The maximum atomic E-state index is 13.9. The summed E-state index contributed by atoms with van der Waals surface area (Å²) in [5.74, 6) is -1.29. The first-order valence-corrected chi connectivity index (χ1v) is 11.6. The SMILES string of the molecule is CCc1ccccc1N(CC(=O)N/N=C\c1c(F)cccc1Cl)S(=O)(=O)c1ccccc1. The van der Waals surface area contributed by atoms with Crippen LogP contribution < -0.4 is 9.73 Å². The normalized spacial score (nSPS) is 11.5. The molecule has 32 heavy (non-hydrogen) atoms. The molecule has 0 aliphatic rings. The zero-order valence-corrected chi connectivity index (χ0v) is 18.8. The summed E-state index contributed by atoms with van der Waals surface area (Å²) in [7, 11) is -4.03. The lowest BCUT2D eigenvalue weighted by atomic mass is 10.1. The van der Waals surface area contributed by atoms with E-state index in [1.807, 2.05) is 6.92 Å². The van der Waals surface area contributed by atoms with Gasteiger partial charge in [-0.3, -0.25) is 9.10 Å². The van der Waals surface area contributed by atoms with Gasteiger partial charge in [0, 0.05) is 5.56 Å². The van der Waals surface area contributed by atoms with E-state index in [9.17, 15) is 17.6 Å². The molecule has 9 heteroatoms. The van der Waals surface area contributed by atoms with E-state index < -0.39 is 28.3 Å². The van der Waals surface area contributed by atoms with E-state index in [1.165, 1.54) is 30.3 Å². The Morgan fingerprint density at radius 1 is 1.06 bits per heavy atom. The molecule has 0 saturated carbocycles. The Labute approximate surface area is 191 Å². The van der Waals surface area contributed by atoms with Crippen LogP contribution in [0.3, 0.4) is 0 Å². The molecule has 0 fully saturated rings. The van der Waals surface area contributed by atoms with Crippen molar-refractivity contribution in [2.75, 3.05) is 10.8 Å². The molecule has 3 aromatic rings. The van der Waals surface area contributed by atoms with Gasteiger partial charge in [0.2, 0.25) is 0 Å². The standard InChI is InChI=1S/C23H21ClFN3O3S/c1-2-17-9-6-7-14-22(17)28(32(30,31)18-10-4-3-5-11-18)16-23(29)27-26-15-19-20(24)12-8-13-21(19)25/h3-15H,2,16H2,1H3,(H,27,29)/b26-15-. The second-order valence-corrected chi connectivity index (χ2v) is 9.01. The molecule has 1 N–H and O–H groups in total. The van der Waals surface area contributed by atoms with Gasteiger partial charge >= 0.3 is 0 Å². The molecule has 0 aliphatic carbocycles. The van der Waals surface area contributed by atoms with Crippen molar-refractivity contribution >= 4 is 39.4 Å². The summed E-state index contributed by atoms with van der Waals surface area (Å²) in [6, 6.07) is 19.0. The Balaban J connectivity index is 1.89. The van der Waals surface area contributed by atoms with E-state index in [1.54, 1.807) is 42.5 Å². The monoisotopic (exact) mass is 473 g/mol. The number of anilines is 1. The van der Waals surface area contributed by atoms with E-state index in [0.717, 1.165) is 16.1 Å². The molecule has 0 aliphatic heterocycles. The fraction of sp³-hybridized carbons (Fsp3) is 0.130. The van der Waals surface area contributed by atoms with Crippen LogP contribution in [0.4, 0.5) is 10.1 Å². The van der Waals surface area contributed by atoms with Crippen molar-refractivity contribution in [1.82, 2.24) is 5.43 Å². The minimum Gasteiger partial charge on any atom is -0.271 e. The van der Waals surface area contributed by atoms with Gasteiger partial charge in [0.25, 0.3) is 15.9 Å². The average molecular weight is 474 g/mol. The quantitative estimate of drug-likeness (QED) is 0.389. The second-order valence-electron chi connectivity index (χ2n) is 6.74. The molecule has 0 aromatic heterocycles. The number of hydrogen-bond donors (Lipinski definition) is 1. The summed E-state index contributed by atoms with van der Waals surface area (Å²) in [6.07, 6.45) is 1.65. The van der Waals surface area contributed by atoms with Crippen molar-refractivity contribution in [1.29, 1.82) is 0 Å². The molecule has 0 radical (unpaired) electrons. The number of sulfonamides is 1. The first-order chi connectivity index (χ1) is 15.3. The number of nitrogens with one attached hydrogen (secondary N) is 1. The van der Waals surface area contributed by atoms with Crippen LogP contribution in [0.25, 0.3) is 0 Å². The smallest absolute Gasteiger partial charge is 0.264 e. The largest absolute Gasteiger partial charge is 0.271 e. The number of hydrogen-bond acceptors (Lipinski definition) is 4. The van der Waals surface area contributed by atoms with Crippen LogP contribution in [0.2, 0.25) is 5.02 Å². The number of rotatable bonds is 8. The number of aryl methyl sites for hydroxylation is 1. The van der Waals surface area contributed by atoms with Crippen molar-refractivity contribution in [3.8, 4) is 0 Å². The van der Waals surface area contributed by atoms with E-state index in [-0.39, 0.29) is 15.5 Å². The van der Waals surface area contributed by atoms with Crippen molar-refractivity contribution in [2.45, 2.75) is 18.2 Å². The van der Waals surface area contributed by atoms with E-state index >= 15 is 0 Å². The summed E-state index contributed by atoms with van der Waals surface area (Å²) in [6.45, 7) is 1.38. The van der Waals surface area contributed by atoms with E-state index in [4.69, 9.17) is 11.6 Å². The lowest BCUT2D eigenvalue weighted by molar-refractivity contribution is -0.119. The van der Waals surface area contributed by atoms with Crippen molar-refractivity contribution in [3.63, 3.8) is 0 Å². The Kier molecular flexibility index (Phi) is 7.61. The van der Waals surface area contributed by atoms with Crippen LogP contribution in [-0.4, -0.2) is 27.1 Å². The second kappa shape index (κ2) is 10.4. The number of carbonyl (C=O) groups is 1. The van der Waals surface area contributed by atoms with E-state index in [2.05, 4.69) is 10.5 Å². The highest BCUT2D eigenvalue weighted by Crippen LogP contribution is 2.27. The molecule has 0 saturated heterocycles. The fourth-order valence-electron chi connectivity index (χ4n) is 3.04. The van der Waals surface area contributed by atoms with Crippen LogP contribution in [0, 0.1) is 5.82 Å². The minimum absolute atomic E-state index is 0.0135. The highest BCUT2D eigenvalue weighted by atomic mass is 35.5. The Morgan fingerprint density at radius 3 is 2.44 bits per heavy atom. The van der Waals surface area contributed by atoms with Gasteiger partial charge in [-0.05, 0) is 42.3 Å². The topological polar surface area (TPSA) is 78.8 Å². The summed E-state index contributed by atoms with van der Waals surface area (Å²) in [4.78, 5) is 12.7. The molecule has 0 spiro atoms. The number of para-hydroxylation sites is 1. The average Bonchev–Trinajstić information content (AvgIpc) is 2.80. The molecular formula is C23H21ClFN3O3S. The van der Waals surface area contributed by atoms with Gasteiger partial charge in [-0.1, -0.05) is 61.0 Å². The number of nitrogens with zero attached hydrogens (tertiary/aromatic N) is 2. The predicted octanol–water partition coefficient (Wildman–Crippen LogP) is 4.39. The highest BCUT2D eigenvalue weighted by Gasteiger charge is 2.28. The van der Waals surface area contributed by atoms with Gasteiger partial charge in [0.15, 0.2) is 0 Å². The summed E-state index contributed by atoms with van der Waals surface area (Å²) >= 11 is 5.94. The fourth-order valence-corrected chi connectivity index (χ4v) is 4.73. The third-order valence-electron chi connectivity index (χ3n) is 4.64. The number of benzene rings is 3. The van der Waals surface area contributed by atoms with Crippen molar-refractivity contribution in [2.24, 2.45) is 5.10 Å². The number of carbonyl (C=O) groups excluding carboxylic acids is 1. The van der Waals surface area contributed by atoms with Gasteiger partial charge in [-0.15, -0.1) is 0 Å². The first kappa shape index (κ1) is 23.4. The lowest BCUT2D eigenvalue weighted by Crippen LogP contribution is -2.40. The van der Waals surface area contributed by atoms with Crippen LogP contribution in [0.5, 0.6) is 0 Å². The zero-order valence-electron chi connectivity index (χ0n) is 17.2. The van der Waals surface area contributed by atoms with Crippen LogP contribution in [0.15, 0.2) is 82.8 Å². The molecule has 1 amide bonds.